The van der Waals surface area contributed by atoms with Gasteiger partial charge in [0.05, 0.1) is 5.56 Å². The molecule has 1 aliphatic heterocycles. The summed E-state index contributed by atoms with van der Waals surface area (Å²) in [6.07, 6.45) is 4.35. The van der Waals surface area contributed by atoms with Gasteiger partial charge in [0.1, 0.15) is 5.52 Å². The Labute approximate surface area is 178 Å². The maximum atomic E-state index is 12.8. The van der Waals surface area contributed by atoms with Gasteiger partial charge < -0.3 is 20.0 Å². The number of benzene rings is 1. The molecule has 1 saturated carbocycles. The van der Waals surface area contributed by atoms with E-state index in [1.165, 1.54) is 25.9 Å². The molecular weight excluding hydrogens is 378 g/mol. The zero-order valence-corrected chi connectivity index (χ0v) is 18.5. The summed E-state index contributed by atoms with van der Waals surface area (Å²) in [5, 5.41) is 6.35. The molecule has 7 heteroatoms. The van der Waals surface area contributed by atoms with Crippen molar-refractivity contribution in [1.82, 2.24) is 15.6 Å². The smallest absolute Gasteiger partial charge is 0.297 e. The van der Waals surface area contributed by atoms with Gasteiger partial charge in [-0.15, -0.1) is 0 Å². The van der Waals surface area contributed by atoms with Gasteiger partial charge in [-0.05, 0) is 56.0 Å². The van der Waals surface area contributed by atoms with E-state index in [-0.39, 0.29) is 11.9 Å². The Morgan fingerprint density at radius 3 is 2.67 bits per heavy atom. The SMILES string of the molecule is C1CCNC1.C=C1C(=NC)CC(NC(=O)c2cccc3oc(N(C)C)nc23)CC1C. The lowest BCUT2D eigenvalue weighted by atomic mass is 9.82. The van der Waals surface area contributed by atoms with Crippen LogP contribution < -0.4 is 15.5 Å². The number of hydrogen-bond donors (Lipinski definition) is 2. The molecule has 1 aliphatic carbocycles. The van der Waals surface area contributed by atoms with Crippen LogP contribution >= 0.6 is 0 Å². The number of oxazole rings is 1. The predicted octanol–water partition coefficient (Wildman–Crippen LogP) is 3.42. The first-order chi connectivity index (χ1) is 14.4. The number of fused-ring (bicyclic) bond motifs is 1. The zero-order chi connectivity index (χ0) is 21.7. The van der Waals surface area contributed by atoms with Crippen LogP contribution in [0.1, 0.15) is 43.0 Å². The Morgan fingerprint density at radius 2 is 2.07 bits per heavy atom. The zero-order valence-electron chi connectivity index (χ0n) is 18.5. The Balaban J connectivity index is 0.000000448. The minimum Gasteiger partial charge on any atom is -0.423 e. The topological polar surface area (TPSA) is 82.8 Å². The number of para-hydroxylation sites is 1. The van der Waals surface area contributed by atoms with Crippen molar-refractivity contribution < 1.29 is 9.21 Å². The summed E-state index contributed by atoms with van der Waals surface area (Å²) in [6.45, 7) is 8.73. The summed E-state index contributed by atoms with van der Waals surface area (Å²) in [4.78, 5) is 23.4. The second-order valence-electron chi connectivity index (χ2n) is 8.21. The van der Waals surface area contributed by atoms with Crippen molar-refractivity contribution in [3.8, 4) is 0 Å². The van der Waals surface area contributed by atoms with Gasteiger partial charge in [0.15, 0.2) is 5.58 Å². The van der Waals surface area contributed by atoms with Gasteiger partial charge >= 0.3 is 0 Å². The number of carbonyl (C=O) groups excluding carboxylic acids is 1. The lowest BCUT2D eigenvalue weighted by Gasteiger charge is -2.30. The van der Waals surface area contributed by atoms with Crippen LogP contribution in [0.3, 0.4) is 0 Å². The maximum absolute atomic E-state index is 12.8. The van der Waals surface area contributed by atoms with Crippen LogP contribution in [-0.2, 0) is 0 Å². The summed E-state index contributed by atoms with van der Waals surface area (Å²) in [5.41, 5.74) is 3.78. The van der Waals surface area contributed by atoms with E-state index >= 15 is 0 Å². The third-order valence-corrected chi connectivity index (χ3v) is 5.64. The molecule has 2 heterocycles. The number of carbonyl (C=O) groups is 1. The highest BCUT2D eigenvalue weighted by molar-refractivity contribution is 6.06. The van der Waals surface area contributed by atoms with E-state index in [4.69, 9.17) is 4.42 Å². The molecule has 2 atom stereocenters. The first kappa shape index (κ1) is 22.0. The molecule has 0 bridgehead atoms. The molecule has 4 rings (SSSR count). The Morgan fingerprint density at radius 1 is 1.33 bits per heavy atom. The number of nitrogens with one attached hydrogen (secondary N) is 2. The molecule has 7 nitrogen and oxygen atoms in total. The van der Waals surface area contributed by atoms with E-state index in [1.54, 1.807) is 18.0 Å². The van der Waals surface area contributed by atoms with Crippen molar-refractivity contribution in [2.75, 3.05) is 39.1 Å². The summed E-state index contributed by atoms with van der Waals surface area (Å²) < 4.78 is 5.68. The van der Waals surface area contributed by atoms with E-state index in [9.17, 15) is 4.79 Å². The van der Waals surface area contributed by atoms with Crippen LogP contribution in [0.5, 0.6) is 0 Å². The van der Waals surface area contributed by atoms with Crippen molar-refractivity contribution in [1.29, 1.82) is 0 Å². The largest absolute Gasteiger partial charge is 0.423 e. The molecule has 2 aliphatic rings. The second-order valence-corrected chi connectivity index (χ2v) is 8.21. The summed E-state index contributed by atoms with van der Waals surface area (Å²) in [6, 6.07) is 5.94. The second kappa shape index (κ2) is 9.89. The molecule has 1 saturated heterocycles. The number of allylic oxidation sites excluding steroid dienone is 1. The number of amides is 1. The Hall–Kier alpha value is -2.67. The van der Waals surface area contributed by atoms with E-state index in [1.807, 2.05) is 26.2 Å². The molecule has 2 aromatic rings. The normalized spacial score (nSPS) is 22.7. The molecule has 2 N–H and O–H groups in total. The van der Waals surface area contributed by atoms with Crippen LogP contribution in [-0.4, -0.2) is 56.9 Å². The molecule has 1 aromatic heterocycles. The van der Waals surface area contributed by atoms with Gasteiger partial charge in [-0.2, -0.15) is 4.98 Å². The van der Waals surface area contributed by atoms with Gasteiger partial charge in [0.25, 0.3) is 11.9 Å². The van der Waals surface area contributed by atoms with Gasteiger partial charge in [-0.3, -0.25) is 9.79 Å². The van der Waals surface area contributed by atoms with Crippen molar-refractivity contribution in [3.63, 3.8) is 0 Å². The highest BCUT2D eigenvalue weighted by Crippen LogP contribution is 2.27. The number of rotatable bonds is 3. The molecule has 1 amide bonds. The average molecular weight is 412 g/mol. The Kier molecular flexibility index (Phi) is 7.26. The maximum Gasteiger partial charge on any atom is 0.297 e. The van der Waals surface area contributed by atoms with Gasteiger partial charge in [-0.25, -0.2) is 0 Å². The van der Waals surface area contributed by atoms with Gasteiger partial charge in [-0.1, -0.05) is 19.6 Å². The van der Waals surface area contributed by atoms with Crippen LogP contribution in [0.25, 0.3) is 11.1 Å². The molecular formula is C23H33N5O2. The van der Waals surface area contributed by atoms with Crippen LogP contribution in [0.15, 0.2) is 39.8 Å². The predicted molar refractivity (Wildman–Crippen MR) is 123 cm³/mol. The lowest BCUT2D eigenvalue weighted by molar-refractivity contribution is 0.0934. The Bertz CT molecular complexity index is 919. The van der Waals surface area contributed by atoms with Crippen LogP contribution in [0.4, 0.5) is 6.01 Å². The number of anilines is 1. The number of aliphatic imine (C=N–C) groups is 1. The highest BCUT2D eigenvalue weighted by atomic mass is 16.4. The van der Waals surface area contributed by atoms with Crippen LogP contribution in [0, 0.1) is 5.92 Å². The fourth-order valence-electron chi connectivity index (χ4n) is 3.85. The summed E-state index contributed by atoms with van der Waals surface area (Å²) in [7, 11) is 5.48. The third-order valence-electron chi connectivity index (χ3n) is 5.64. The number of aromatic nitrogens is 1. The van der Waals surface area contributed by atoms with E-state index in [0.29, 0.717) is 35.0 Å². The van der Waals surface area contributed by atoms with Gasteiger partial charge in [0, 0.05) is 39.3 Å². The molecule has 1 aromatic carbocycles. The first-order valence-electron chi connectivity index (χ1n) is 10.6. The monoisotopic (exact) mass is 411 g/mol. The van der Waals surface area contributed by atoms with E-state index in [2.05, 4.69) is 34.1 Å². The highest BCUT2D eigenvalue weighted by Gasteiger charge is 2.28. The number of hydrogen-bond acceptors (Lipinski definition) is 6. The minimum atomic E-state index is -0.135. The number of nitrogens with zero attached hydrogens (tertiary/aromatic N) is 3. The molecule has 0 spiro atoms. The van der Waals surface area contributed by atoms with Gasteiger partial charge in [0.2, 0.25) is 0 Å². The van der Waals surface area contributed by atoms with Crippen molar-refractivity contribution in [2.24, 2.45) is 10.9 Å². The molecule has 2 unspecified atom stereocenters. The van der Waals surface area contributed by atoms with Crippen molar-refractivity contribution in [3.05, 3.63) is 35.9 Å². The minimum absolute atomic E-state index is 0.0437. The fourth-order valence-corrected chi connectivity index (χ4v) is 3.85. The van der Waals surface area contributed by atoms with Crippen molar-refractivity contribution in [2.45, 2.75) is 38.6 Å². The lowest BCUT2D eigenvalue weighted by Crippen LogP contribution is -2.41. The van der Waals surface area contributed by atoms with E-state index < -0.39 is 0 Å². The molecule has 30 heavy (non-hydrogen) atoms. The third kappa shape index (κ3) is 5.08. The van der Waals surface area contributed by atoms with Crippen molar-refractivity contribution >= 4 is 28.7 Å². The molecule has 2 fully saturated rings. The standard InChI is InChI=1S/C19H24N4O2.C4H9N/c1-11-9-13(10-15(20-3)12(11)2)21-18(24)14-7-6-8-16-17(14)22-19(25-16)23(4)5;1-2-4-5-3-1/h6-8,11,13H,2,9-10H2,1,3-5H3,(H,21,24);5H,1-4H2. The summed E-state index contributed by atoms with van der Waals surface area (Å²) in [5.74, 6) is 0.172. The van der Waals surface area contributed by atoms with Crippen LogP contribution in [0.2, 0.25) is 0 Å². The molecule has 162 valence electrons. The quantitative estimate of drug-likeness (QED) is 0.809. The fraction of sp³-hybridized carbons (Fsp3) is 0.522. The average Bonchev–Trinajstić information content (AvgIpc) is 3.43. The van der Waals surface area contributed by atoms with E-state index in [0.717, 1.165) is 17.7 Å². The summed E-state index contributed by atoms with van der Waals surface area (Å²) >= 11 is 0. The molecule has 0 radical (unpaired) electrons. The first-order valence-corrected chi connectivity index (χ1v) is 10.6.